The Morgan fingerprint density at radius 1 is 1.07 bits per heavy atom. The van der Waals surface area contributed by atoms with Gasteiger partial charge >= 0.3 is 0 Å². The van der Waals surface area contributed by atoms with Crippen molar-refractivity contribution in [1.82, 2.24) is 31.3 Å². The number of amides is 3. The molecule has 1 aromatic heterocycles. The quantitative estimate of drug-likeness (QED) is 0.314. The molecule has 5 rings (SSSR count). The third kappa shape index (κ3) is 5.65. The summed E-state index contributed by atoms with van der Waals surface area (Å²) in [5.74, 6) is -0.642. The number of hydrogen-bond donors (Lipinski definition) is 3. The van der Waals surface area contributed by atoms with Gasteiger partial charge in [0.2, 0.25) is 11.8 Å². The minimum Gasteiger partial charge on any atom is -0.341 e. The van der Waals surface area contributed by atoms with Gasteiger partial charge < -0.3 is 20.4 Å². The maximum Gasteiger partial charge on any atom is 0.251 e. The van der Waals surface area contributed by atoms with E-state index in [1.807, 2.05) is 61.5 Å². The number of fused-ring (bicyclic) bond motifs is 2. The van der Waals surface area contributed by atoms with Crippen LogP contribution in [0.5, 0.6) is 0 Å². The maximum atomic E-state index is 14.2. The summed E-state index contributed by atoms with van der Waals surface area (Å²) >= 11 is 0. The highest BCUT2D eigenvalue weighted by Gasteiger charge is 2.37. The Morgan fingerprint density at radius 3 is 2.52 bits per heavy atom. The number of tetrazole rings is 1. The molecule has 11 nitrogen and oxygen atoms in total. The summed E-state index contributed by atoms with van der Waals surface area (Å²) in [6.45, 7) is 3.96. The fourth-order valence-corrected chi connectivity index (χ4v) is 4.83. The van der Waals surface area contributed by atoms with Crippen LogP contribution in [0.15, 0.2) is 60.7 Å². The van der Waals surface area contributed by atoms with Crippen molar-refractivity contribution in [2.75, 3.05) is 23.4 Å². The first-order valence-electron chi connectivity index (χ1n) is 12.8. The van der Waals surface area contributed by atoms with Crippen LogP contribution in [0.3, 0.4) is 0 Å². The zero-order valence-corrected chi connectivity index (χ0v) is 23.2. The second-order valence-corrected chi connectivity index (χ2v) is 9.60. The number of anilines is 2. The zero-order chi connectivity index (χ0) is 27.5. The molecule has 40 heavy (non-hydrogen) atoms. The van der Waals surface area contributed by atoms with Crippen molar-refractivity contribution < 1.29 is 14.4 Å². The van der Waals surface area contributed by atoms with E-state index >= 15 is 0 Å². The Balaban J connectivity index is 0.00000370. The summed E-state index contributed by atoms with van der Waals surface area (Å²) in [5.41, 5.74) is 3.19. The van der Waals surface area contributed by atoms with E-state index in [0.717, 1.165) is 21.9 Å². The first kappa shape index (κ1) is 28.7. The second kappa shape index (κ2) is 12.2. The number of likely N-dealkylation sites (N-methyl/N-ethyl adjacent to an activating group) is 1. The average molecular weight is 563 g/mol. The molecular formula is C28H31ClN8O3. The number of halogens is 1. The monoisotopic (exact) mass is 562 g/mol. The third-order valence-corrected chi connectivity index (χ3v) is 7.14. The standard InChI is InChI=1S/C28H30N8O3.ClH/c1-17-12-13-19-8-4-5-9-20(19)21(17)15-36-24-11-7-6-10-23(24)35(26(37)14-25-31-33-34-32-25)16-22(28(36)39)30-27(38)18(2)29-3;/h4-13,18,22,29H,14-16H2,1-3H3,(H,30,38)(H,31,32,33,34);1H/t18-,22-;/m0./s1. The molecule has 4 aromatic rings. The summed E-state index contributed by atoms with van der Waals surface area (Å²) in [7, 11) is 1.67. The van der Waals surface area contributed by atoms with E-state index in [0.29, 0.717) is 17.2 Å². The Bertz CT molecular complexity index is 1530. The molecule has 0 bridgehead atoms. The molecule has 0 spiro atoms. The van der Waals surface area contributed by atoms with Gasteiger partial charge in [0, 0.05) is 0 Å². The summed E-state index contributed by atoms with van der Waals surface area (Å²) < 4.78 is 0. The maximum absolute atomic E-state index is 14.2. The first-order chi connectivity index (χ1) is 18.9. The van der Waals surface area contributed by atoms with E-state index < -0.39 is 12.1 Å². The number of aryl methyl sites for hydroxylation is 1. The van der Waals surface area contributed by atoms with E-state index in [9.17, 15) is 14.4 Å². The molecule has 1 aliphatic heterocycles. The van der Waals surface area contributed by atoms with Crippen molar-refractivity contribution in [2.45, 2.75) is 38.9 Å². The average Bonchev–Trinajstić information content (AvgIpc) is 3.43. The molecule has 3 aromatic carbocycles. The van der Waals surface area contributed by atoms with E-state index in [1.54, 1.807) is 18.9 Å². The van der Waals surface area contributed by atoms with Gasteiger partial charge in [-0.05, 0) is 65.4 Å². The molecule has 3 N–H and O–H groups in total. The predicted octanol–water partition coefficient (Wildman–Crippen LogP) is 2.30. The van der Waals surface area contributed by atoms with E-state index in [2.05, 4.69) is 37.3 Å². The van der Waals surface area contributed by atoms with Crippen LogP contribution in [-0.2, 0) is 27.3 Å². The molecule has 0 unspecified atom stereocenters. The van der Waals surface area contributed by atoms with Gasteiger partial charge in [-0.2, -0.15) is 0 Å². The number of hydrogen-bond acceptors (Lipinski definition) is 7. The minimum absolute atomic E-state index is 0. The normalized spacial score (nSPS) is 15.7. The molecule has 0 radical (unpaired) electrons. The van der Waals surface area contributed by atoms with E-state index in [4.69, 9.17) is 0 Å². The lowest BCUT2D eigenvalue weighted by atomic mass is 9.99. The summed E-state index contributed by atoms with van der Waals surface area (Å²) in [4.78, 5) is 43.9. The molecular weight excluding hydrogens is 532 g/mol. The van der Waals surface area contributed by atoms with Gasteiger partial charge in [-0.3, -0.25) is 14.4 Å². The molecule has 12 heteroatoms. The molecule has 0 saturated carbocycles. The smallest absolute Gasteiger partial charge is 0.251 e. The Labute approximate surface area is 237 Å². The number of nitrogens with zero attached hydrogens (tertiary/aromatic N) is 5. The number of nitrogens with one attached hydrogen (secondary N) is 3. The first-order valence-corrected chi connectivity index (χ1v) is 12.8. The number of carbonyl (C=O) groups is 3. The van der Waals surface area contributed by atoms with E-state index in [1.165, 1.54) is 4.90 Å². The number of rotatable bonds is 7. The van der Waals surface area contributed by atoms with Crippen molar-refractivity contribution in [3.05, 3.63) is 77.6 Å². The van der Waals surface area contributed by atoms with Crippen LogP contribution >= 0.6 is 12.4 Å². The number of aromatic amines is 1. The van der Waals surface area contributed by atoms with Gasteiger partial charge in [-0.15, -0.1) is 17.5 Å². The lowest BCUT2D eigenvalue weighted by molar-refractivity contribution is -0.128. The number of H-pyrrole nitrogens is 1. The summed E-state index contributed by atoms with van der Waals surface area (Å²) in [5, 5.41) is 21.4. The van der Waals surface area contributed by atoms with Gasteiger partial charge in [0.1, 0.15) is 6.04 Å². The lowest BCUT2D eigenvalue weighted by Gasteiger charge is -2.27. The number of carbonyl (C=O) groups excluding carboxylic acids is 3. The topological polar surface area (TPSA) is 136 Å². The zero-order valence-electron chi connectivity index (χ0n) is 22.4. The van der Waals surface area contributed by atoms with Crippen LogP contribution in [0, 0.1) is 6.92 Å². The Hall–Kier alpha value is -4.35. The SMILES string of the molecule is CN[C@@H](C)C(=O)N[C@H]1CN(C(=O)Cc2nnn[nH]2)c2ccccc2N(Cc2c(C)ccc3ccccc23)C1=O.Cl. The minimum atomic E-state index is -0.979. The van der Waals surface area contributed by atoms with Crippen LogP contribution in [0.1, 0.15) is 23.9 Å². The largest absolute Gasteiger partial charge is 0.341 e. The van der Waals surface area contributed by atoms with Crippen molar-refractivity contribution >= 4 is 52.3 Å². The molecule has 1 aliphatic rings. The van der Waals surface area contributed by atoms with Crippen LogP contribution in [-0.4, -0.2) is 64.0 Å². The molecule has 3 amide bonds. The molecule has 2 heterocycles. The third-order valence-electron chi connectivity index (χ3n) is 7.14. The van der Waals surface area contributed by atoms with Crippen LogP contribution in [0.2, 0.25) is 0 Å². The molecule has 2 atom stereocenters. The lowest BCUT2D eigenvalue weighted by Crippen LogP contribution is -2.56. The number of aromatic nitrogens is 4. The fourth-order valence-electron chi connectivity index (χ4n) is 4.83. The van der Waals surface area contributed by atoms with Gasteiger partial charge in [0.05, 0.1) is 36.9 Å². The highest BCUT2D eigenvalue weighted by atomic mass is 35.5. The Kier molecular flexibility index (Phi) is 8.76. The highest BCUT2D eigenvalue weighted by molar-refractivity contribution is 6.08. The van der Waals surface area contributed by atoms with Gasteiger partial charge in [-0.1, -0.05) is 48.5 Å². The van der Waals surface area contributed by atoms with E-state index in [-0.39, 0.29) is 49.6 Å². The van der Waals surface area contributed by atoms with Crippen molar-refractivity contribution in [2.24, 2.45) is 0 Å². The summed E-state index contributed by atoms with van der Waals surface area (Å²) in [6, 6.07) is 17.9. The van der Waals surface area contributed by atoms with Crippen LogP contribution in [0.25, 0.3) is 10.8 Å². The highest BCUT2D eigenvalue weighted by Crippen LogP contribution is 2.35. The van der Waals surface area contributed by atoms with Crippen molar-refractivity contribution in [1.29, 1.82) is 0 Å². The van der Waals surface area contributed by atoms with Gasteiger partial charge in [0.15, 0.2) is 5.82 Å². The van der Waals surface area contributed by atoms with Crippen LogP contribution in [0.4, 0.5) is 11.4 Å². The van der Waals surface area contributed by atoms with Crippen LogP contribution < -0.4 is 20.4 Å². The number of para-hydroxylation sites is 2. The molecule has 0 saturated heterocycles. The number of benzene rings is 3. The van der Waals surface area contributed by atoms with Gasteiger partial charge in [-0.25, -0.2) is 5.10 Å². The summed E-state index contributed by atoms with van der Waals surface area (Å²) in [6.07, 6.45) is -0.0917. The van der Waals surface area contributed by atoms with Crippen molar-refractivity contribution in [3.63, 3.8) is 0 Å². The molecule has 0 aliphatic carbocycles. The second-order valence-electron chi connectivity index (χ2n) is 9.60. The van der Waals surface area contributed by atoms with Crippen molar-refractivity contribution in [3.8, 4) is 0 Å². The molecule has 208 valence electrons. The predicted molar refractivity (Wildman–Crippen MR) is 154 cm³/mol. The Morgan fingerprint density at radius 2 is 1.80 bits per heavy atom. The fraction of sp³-hybridized carbons (Fsp3) is 0.286. The van der Waals surface area contributed by atoms with Gasteiger partial charge in [0.25, 0.3) is 5.91 Å². The molecule has 0 fully saturated rings.